The van der Waals surface area contributed by atoms with Gasteiger partial charge >= 0.3 is 23.9 Å². The first kappa shape index (κ1) is 69.9. The van der Waals surface area contributed by atoms with Gasteiger partial charge in [0.15, 0.2) is 11.5 Å². The van der Waals surface area contributed by atoms with Crippen LogP contribution in [0.3, 0.4) is 0 Å². The van der Waals surface area contributed by atoms with Gasteiger partial charge in [0.2, 0.25) is 11.8 Å². The average molecular weight is 1250 g/mol. The van der Waals surface area contributed by atoms with E-state index >= 15 is 0 Å². The van der Waals surface area contributed by atoms with Gasteiger partial charge < -0.3 is 24.6 Å². The fourth-order valence-corrected chi connectivity index (χ4v) is 7.85. The SMILES string of the molecule is C=CC[C@@](CN(C)C(=O)CC(F)(F)F)(c1ccc(Cl)c(Cl)c1)N(C)C(=O)Oc1cccc(Cl)c1Cl.C=CC[C@](CN(C)C(=O)CC(F)(F)F)(NC)c1ccc(Cl)c(Cl)c1.O=C(Cl)Oc1cccc(Cl)c1Cl.S.S. The monoisotopic (exact) mass is 1240 g/mol. The van der Waals surface area contributed by atoms with E-state index in [1.54, 1.807) is 49.5 Å². The molecule has 0 heterocycles. The lowest BCUT2D eigenvalue weighted by Crippen LogP contribution is -2.55. The molecule has 404 valence electrons. The quantitative estimate of drug-likeness (QED) is 0.0676. The number of carbonyl (C=O) groups excluding carboxylic acids is 4. The second-order valence-corrected chi connectivity index (χ2v) is 18.6. The molecule has 0 aromatic heterocycles. The Balaban J connectivity index is 0.00000118. The summed E-state index contributed by atoms with van der Waals surface area (Å²) in [6.45, 7) is 7.07. The van der Waals surface area contributed by atoms with Crippen LogP contribution in [0.2, 0.25) is 40.2 Å². The number of nitrogens with one attached hydrogen (secondary N) is 1. The Labute approximate surface area is 477 Å². The second-order valence-electron chi connectivity index (χ2n) is 15.1. The van der Waals surface area contributed by atoms with E-state index in [0.29, 0.717) is 32.6 Å². The third kappa shape index (κ3) is 21.4. The highest BCUT2D eigenvalue weighted by atomic mass is 35.5. The average Bonchev–Trinajstić information content (AvgIpc) is 3.27. The summed E-state index contributed by atoms with van der Waals surface area (Å²) in [5.41, 5.74) is -2.12. The predicted molar refractivity (Wildman–Crippen MR) is 291 cm³/mol. The molecule has 0 aliphatic rings. The Morgan fingerprint density at radius 3 is 1.40 bits per heavy atom. The molecule has 1 N–H and O–H groups in total. The van der Waals surface area contributed by atoms with Crippen LogP contribution >= 0.6 is 131 Å². The van der Waals surface area contributed by atoms with Crippen LogP contribution in [0, 0.1) is 0 Å². The van der Waals surface area contributed by atoms with Crippen LogP contribution in [-0.4, -0.2) is 91.7 Å². The zero-order valence-corrected chi connectivity index (χ0v) is 47.5. The minimum Gasteiger partial charge on any atom is -0.413 e. The number of alkyl halides is 6. The molecule has 2 atom stereocenters. The predicted octanol–water partition coefficient (Wildman–Crippen LogP) is 16.0. The highest BCUT2D eigenvalue weighted by molar-refractivity contribution is 7.59. The molecule has 0 bridgehead atoms. The Morgan fingerprint density at radius 1 is 0.589 bits per heavy atom. The van der Waals surface area contributed by atoms with Crippen molar-refractivity contribution in [2.45, 2.75) is 49.1 Å². The van der Waals surface area contributed by atoms with E-state index in [9.17, 15) is 45.5 Å². The van der Waals surface area contributed by atoms with Gasteiger partial charge in [-0.2, -0.15) is 53.3 Å². The number of likely N-dealkylation sites (N-methyl/N-ethyl adjacent to an activating group) is 4. The molecular formula is C46H47Cl9F6N4O6S2. The number of rotatable bonds is 16. The van der Waals surface area contributed by atoms with Crippen LogP contribution in [0.5, 0.6) is 11.5 Å². The lowest BCUT2D eigenvalue weighted by molar-refractivity contribution is -0.163. The zero-order chi connectivity index (χ0) is 54.2. The van der Waals surface area contributed by atoms with Crippen LogP contribution in [0.4, 0.5) is 35.9 Å². The summed E-state index contributed by atoms with van der Waals surface area (Å²) in [5, 5.41) is 4.77. The standard InChI is InChI=1S/C23H21Cl4F3N2O3.C16H19Cl2F3N2O.C7H3Cl3O2.2H2S/c1-4-10-22(14-8-9-15(24)17(26)11-14,13-31(2)19(33)12-23(28,29)30)32(3)21(34)35-18-7-5-6-16(25)20(18)27;1-4-7-15(22-2,11-5-6-12(17)13(18)8-11)10-23(3)14(24)9-16(19,20)21;8-4-2-1-3-5(6(4)9)12-7(10)11;;/h4-9,11H,1,10,12-13H2,2-3H3;4-6,8,22H,1,7,9-10H2,2-3H3;1-3H;2*1H2/t22-;15-;;;/m11.../s1. The number of hydrogen-bond acceptors (Lipinski definition) is 7. The van der Waals surface area contributed by atoms with E-state index in [1.165, 1.54) is 63.6 Å². The van der Waals surface area contributed by atoms with Crippen molar-refractivity contribution in [2.24, 2.45) is 0 Å². The molecule has 3 amide bonds. The lowest BCUT2D eigenvalue weighted by Gasteiger charge is -2.43. The zero-order valence-electron chi connectivity index (χ0n) is 38.7. The van der Waals surface area contributed by atoms with Gasteiger partial charge in [0.25, 0.3) is 0 Å². The number of nitrogens with zero attached hydrogens (tertiary/aromatic N) is 3. The Bertz CT molecular complexity index is 2550. The van der Waals surface area contributed by atoms with Crippen molar-refractivity contribution in [3.05, 3.63) is 149 Å². The number of carbonyl (C=O) groups is 4. The third-order valence-electron chi connectivity index (χ3n) is 10.1. The summed E-state index contributed by atoms with van der Waals surface area (Å²) in [6, 6.07) is 18.6. The number of hydrogen-bond donors (Lipinski definition) is 1. The molecule has 0 aliphatic carbocycles. The molecule has 0 aliphatic heterocycles. The van der Waals surface area contributed by atoms with E-state index in [2.05, 4.69) is 23.2 Å². The first-order chi connectivity index (χ1) is 32.9. The molecule has 0 unspecified atom stereocenters. The smallest absolute Gasteiger partial charge is 0.413 e. The molecule has 4 rings (SSSR count). The Kier molecular flexibility index (Phi) is 29.9. The van der Waals surface area contributed by atoms with Crippen molar-refractivity contribution in [1.29, 1.82) is 0 Å². The van der Waals surface area contributed by atoms with Crippen LogP contribution in [0.1, 0.15) is 36.8 Å². The summed E-state index contributed by atoms with van der Waals surface area (Å²) in [4.78, 5) is 50.8. The molecule has 73 heavy (non-hydrogen) atoms. The number of amides is 3. The van der Waals surface area contributed by atoms with Crippen molar-refractivity contribution in [3.8, 4) is 11.5 Å². The van der Waals surface area contributed by atoms with Gasteiger partial charge in [0.1, 0.15) is 22.9 Å². The minimum atomic E-state index is -4.70. The highest BCUT2D eigenvalue weighted by Gasteiger charge is 2.43. The number of benzene rings is 4. The van der Waals surface area contributed by atoms with Crippen molar-refractivity contribution in [2.75, 3.05) is 41.3 Å². The van der Waals surface area contributed by atoms with Crippen LogP contribution < -0.4 is 14.8 Å². The second kappa shape index (κ2) is 31.2. The first-order valence-electron chi connectivity index (χ1n) is 20.0. The molecule has 0 spiro atoms. The van der Waals surface area contributed by atoms with Crippen LogP contribution in [0.15, 0.2) is 98.1 Å². The Hall–Kier alpha value is -3.11. The maximum Gasteiger partial charge on any atom is 0.415 e. The molecule has 10 nitrogen and oxygen atoms in total. The maximum absolute atomic E-state index is 13.2. The van der Waals surface area contributed by atoms with E-state index in [0.717, 1.165) is 14.7 Å². The largest absolute Gasteiger partial charge is 0.415 e. The van der Waals surface area contributed by atoms with E-state index in [4.69, 9.17) is 109 Å². The topological polar surface area (TPSA) is 108 Å². The summed E-state index contributed by atoms with van der Waals surface area (Å²) < 4.78 is 85.9. The van der Waals surface area contributed by atoms with Gasteiger partial charge in [-0.15, -0.1) is 13.2 Å². The normalized spacial score (nSPS) is 12.5. The maximum atomic E-state index is 13.2. The van der Waals surface area contributed by atoms with Crippen molar-refractivity contribution >= 4 is 155 Å². The van der Waals surface area contributed by atoms with Gasteiger partial charge in [0, 0.05) is 45.8 Å². The van der Waals surface area contributed by atoms with Crippen molar-refractivity contribution < 1.29 is 55.0 Å². The molecule has 0 radical (unpaired) electrons. The van der Waals surface area contributed by atoms with Gasteiger partial charge in [-0.1, -0.05) is 129 Å². The molecule has 4 aromatic carbocycles. The third-order valence-corrected chi connectivity index (χ3v) is 13.2. The summed E-state index contributed by atoms with van der Waals surface area (Å²) in [6.07, 6.45) is -9.85. The van der Waals surface area contributed by atoms with Gasteiger partial charge in [-0.05, 0) is 79.5 Å². The van der Waals surface area contributed by atoms with Crippen LogP contribution in [-0.2, 0) is 20.7 Å². The van der Waals surface area contributed by atoms with E-state index in [1.807, 2.05) is 0 Å². The molecule has 27 heteroatoms. The molecule has 0 fully saturated rings. The summed E-state index contributed by atoms with van der Waals surface area (Å²) in [7, 11) is 5.57. The van der Waals surface area contributed by atoms with E-state index < -0.39 is 59.6 Å². The van der Waals surface area contributed by atoms with Gasteiger partial charge in [-0.25, -0.2) is 9.59 Å². The van der Waals surface area contributed by atoms with Crippen molar-refractivity contribution in [3.63, 3.8) is 0 Å². The number of ether oxygens (including phenoxy) is 2. The first-order valence-corrected chi connectivity index (χ1v) is 23.4. The van der Waals surface area contributed by atoms with Gasteiger partial charge in [-0.3, -0.25) is 14.5 Å². The highest BCUT2D eigenvalue weighted by Crippen LogP contribution is 2.39. The fraction of sp³-hybridized carbons (Fsp3) is 0.304. The molecular weight excluding hydrogens is 1200 g/mol. The van der Waals surface area contributed by atoms with E-state index in [-0.39, 0.29) is 83.1 Å². The summed E-state index contributed by atoms with van der Waals surface area (Å²) >= 11 is 52.6. The minimum absolute atomic E-state index is 0. The molecule has 0 saturated heterocycles. The lowest BCUT2D eigenvalue weighted by atomic mass is 9.84. The fourth-order valence-electron chi connectivity index (χ4n) is 6.51. The molecule has 0 saturated carbocycles. The van der Waals surface area contributed by atoms with Crippen LogP contribution in [0.25, 0.3) is 0 Å². The summed E-state index contributed by atoms with van der Waals surface area (Å²) in [5.74, 6) is -2.07. The Morgan fingerprint density at radius 2 is 1.00 bits per heavy atom. The molecule has 4 aromatic rings. The van der Waals surface area contributed by atoms with Crippen molar-refractivity contribution in [1.82, 2.24) is 20.0 Å². The van der Waals surface area contributed by atoms with Gasteiger partial charge in [0.05, 0.1) is 41.2 Å². The number of halogens is 15.